The predicted molar refractivity (Wildman–Crippen MR) is 73.4 cm³/mol. The summed E-state index contributed by atoms with van der Waals surface area (Å²) in [4.78, 5) is 7.19. The molecule has 0 saturated carbocycles. The molecule has 0 radical (unpaired) electrons. The number of nitrogens with one attached hydrogen (secondary N) is 1. The number of piperidine rings is 1. The summed E-state index contributed by atoms with van der Waals surface area (Å²) in [6.07, 6.45) is 3.86. The van der Waals surface area contributed by atoms with E-state index >= 15 is 0 Å². The summed E-state index contributed by atoms with van der Waals surface area (Å²) < 4.78 is 0. The van der Waals surface area contributed by atoms with E-state index in [1.54, 1.807) is 11.3 Å². The first-order valence-electron chi connectivity index (χ1n) is 6.65. The molecule has 1 fully saturated rings. The van der Waals surface area contributed by atoms with Gasteiger partial charge in [-0.15, -0.1) is 11.3 Å². The van der Waals surface area contributed by atoms with E-state index in [0.717, 1.165) is 18.8 Å². The molecule has 0 amide bonds. The minimum absolute atomic E-state index is 0.702. The highest BCUT2D eigenvalue weighted by atomic mass is 32.1. The Balaban J connectivity index is 1.95. The lowest BCUT2D eigenvalue weighted by Crippen LogP contribution is -2.45. The maximum absolute atomic E-state index is 4.58. The maximum Gasteiger partial charge on any atom is 0.107 e. The van der Waals surface area contributed by atoms with E-state index in [4.69, 9.17) is 0 Å². The molecule has 4 heteroatoms. The molecule has 2 rings (SSSR count). The molecule has 0 bridgehead atoms. The number of aromatic nitrogens is 1. The Bertz CT molecular complexity index is 331. The van der Waals surface area contributed by atoms with Crippen LogP contribution in [0.3, 0.4) is 0 Å². The molecule has 1 aromatic rings. The van der Waals surface area contributed by atoms with E-state index in [1.807, 2.05) is 0 Å². The Kier molecular flexibility index (Phi) is 4.95. The van der Waals surface area contributed by atoms with Crippen molar-refractivity contribution in [3.8, 4) is 0 Å². The van der Waals surface area contributed by atoms with Gasteiger partial charge in [0.15, 0.2) is 0 Å². The van der Waals surface area contributed by atoms with Gasteiger partial charge in [-0.1, -0.05) is 6.92 Å². The third-order valence-electron chi connectivity index (χ3n) is 3.30. The van der Waals surface area contributed by atoms with E-state index in [0.29, 0.717) is 6.04 Å². The Labute approximate surface area is 108 Å². The molecule has 2 heterocycles. The molecule has 0 aliphatic carbocycles. The molecular formula is C13H23N3S. The van der Waals surface area contributed by atoms with Crippen LogP contribution in [0, 0.1) is 6.92 Å². The molecule has 1 N–H and O–H groups in total. The van der Waals surface area contributed by atoms with E-state index in [9.17, 15) is 0 Å². The standard InChI is InChI=1S/C13H23N3S/c1-3-7-16(12-5-4-6-14-8-12)9-13-15-11(2)10-17-13/h10,12,14H,3-9H2,1-2H3. The lowest BCUT2D eigenvalue weighted by atomic mass is 10.1. The quantitative estimate of drug-likeness (QED) is 0.873. The molecule has 1 atom stereocenters. The minimum Gasteiger partial charge on any atom is -0.315 e. The van der Waals surface area contributed by atoms with Crippen LogP contribution in [-0.4, -0.2) is 35.6 Å². The predicted octanol–water partition coefficient (Wildman–Crippen LogP) is 2.42. The van der Waals surface area contributed by atoms with Crippen molar-refractivity contribution in [2.75, 3.05) is 19.6 Å². The minimum atomic E-state index is 0.702. The summed E-state index contributed by atoms with van der Waals surface area (Å²) in [6.45, 7) is 8.88. The number of aryl methyl sites for hydroxylation is 1. The van der Waals surface area contributed by atoms with Crippen LogP contribution in [0.5, 0.6) is 0 Å². The van der Waals surface area contributed by atoms with E-state index in [-0.39, 0.29) is 0 Å². The summed E-state index contributed by atoms with van der Waals surface area (Å²) in [7, 11) is 0. The van der Waals surface area contributed by atoms with E-state index in [1.165, 1.54) is 37.4 Å². The zero-order valence-corrected chi connectivity index (χ0v) is 11.7. The molecule has 1 unspecified atom stereocenters. The van der Waals surface area contributed by atoms with Crippen LogP contribution in [-0.2, 0) is 6.54 Å². The topological polar surface area (TPSA) is 28.2 Å². The van der Waals surface area contributed by atoms with E-state index < -0.39 is 0 Å². The van der Waals surface area contributed by atoms with Gasteiger partial charge in [-0.25, -0.2) is 4.98 Å². The van der Waals surface area contributed by atoms with Crippen LogP contribution in [0.15, 0.2) is 5.38 Å². The Hall–Kier alpha value is -0.450. The Morgan fingerprint density at radius 1 is 1.59 bits per heavy atom. The fourth-order valence-corrected chi connectivity index (χ4v) is 3.27. The summed E-state index contributed by atoms with van der Waals surface area (Å²) >= 11 is 1.79. The number of hydrogen-bond acceptors (Lipinski definition) is 4. The second kappa shape index (κ2) is 6.47. The lowest BCUT2D eigenvalue weighted by molar-refractivity contribution is 0.158. The summed E-state index contributed by atoms with van der Waals surface area (Å²) in [5.41, 5.74) is 1.16. The zero-order chi connectivity index (χ0) is 12.1. The first kappa shape index (κ1) is 13.0. The van der Waals surface area contributed by atoms with Crippen molar-refractivity contribution in [3.63, 3.8) is 0 Å². The van der Waals surface area contributed by atoms with Crippen molar-refractivity contribution >= 4 is 11.3 Å². The normalized spacial score (nSPS) is 21.0. The molecular weight excluding hydrogens is 230 g/mol. The van der Waals surface area contributed by atoms with Gasteiger partial charge in [0.25, 0.3) is 0 Å². The average Bonchev–Trinajstić information content (AvgIpc) is 2.75. The monoisotopic (exact) mass is 253 g/mol. The first-order chi connectivity index (χ1) is 8.29. The van der Waals surface area contributed by atoms with Gasteiger partial charge < -0.3 is 5.32 Å². The number of rotatable bonds is 5. The van der Waals surface area contributed by atoms with Crippen molar-refractivity contribution < 1.29 is 0 Å². The molecule has 1 aliphatic rings. The Morgan fingerprint density at radius 3 is 3.06 bits per heavy atom. The summed E-state index contributed by atoms with van der Waals surface area (Å²) in [6, 6.07) is 0.702. The summed E-state index contributed by atoms with van der Waals surface area (Å²) in [5, 5.41) is 6.92. The lowest BCUT2D eigenvalue weighted by Gasteiger charge is -2.34. The number of hydrogen-bond donors (Lipinski definition) is 1. The van der Waals surface area contributed by atoms with Crippen LogP contribution in [0.1, 0.15) is 36.9 Å². The smallest absolute Gasteiger partial charge is 0.107 e. The van der Waals surface area contributed by atoms with Gasteiger partial charge in [0.05, 0.1) is 6.54 Å². The van der Waals surface area contributed by atoms with Crippen molar-refractivity contribution in [2.24, 2.45) is 0 Å². The highest BCUT2D eigenvalue weighted by molar-refractivity contribution is 7.09. The van der Waals surface area contributed by atoms with Gasteiger partial charge in [0, 0.05) is 23.7 Å². The molecule has 96 valence electrons. The molecule has 1 aliphatic heterocycles. The third-order valence-corrected chi connectivity index (χ3v) is 4.25. The number of thiazole rings is 1. The second-order valence-corrected chi connectivity index (χ2v) is 5.80. The highest BCUT2D eigenvalue weighted by Crippen LogP contribution is 2.17. The highest BCUT2D eigenvalue weighted by Gasteiger charge is 2.21. The first-order valence-corrected chi connectivity index (χ1v) is 7.53. The van der Waals surface area contributed by atoms with Crippen molar-refractivity contribution in [1.82, 2.24) is 15.2 Å². The summed E-state index contributed by atoms with van der Waals surface area (Å²) in [5.74, 6) is 0. The van der Waals surface area contributed by atoms with Crippen LogP contribution in [0.4, 0.5) is 0 Å². The van der Waals surface area contributed by atoms with Gasteiger partial charge in [0.1, 0.15) is 5.01 Å². The zero-order valence-electron chi connectivity index (χ0n) is 10.9. The van der Waals surface area contributed by atoms with Crippen LogP contribution < -0.4 is 5.32 Å². The largest absolute Gasteiger partial charge is 0.315 e. The number of nitrogens with zero attached hydrogens (tertiary/aromatic N) is 2. The van der Waals surface area contributed by atoms with Crippen molar-refractivity contribution in [3.05, 3.63) is 16.1 Å². The molecule has 3 nitrogen and oxygen atoms in total. The van der Waals surface area contributed by atoms with Crippen LogP contribution in [0.2, 0.25) is 0 Å². The van der Waals surface area contributed by atoms with Gasteiger partial charge in [-0.3, -0.25) is 4.90 Å². The fraction of sp³-hybridized carbons (Fsp3) is 0.769. The second-order valence-electron chi connectivity index (χ2n) is 4.85. The van der Waals surface area contributed by atoms with Gasteiger partial charge in [-0.2, -0.15) is 0 Å². The Morgan fingerprint density at radius 2 is 2.47 bits per heavy atom. The molecule has 17 heavy (non-hydrogen) atoms. The fourth-order valence-electron chi connectivity index (χ4n) is 2.47. The van der Waals surface area contributed by atoms with Crippen LogP contribution in [0.25, 0.3) is 0 Å². The molecule has 1 aromatic heterocycles. The molecule has 0 spiro atoms. The third kappa shape index (κ3) is 3.76. The van der Waals surface area contributed by atoms with Crippen molar-refractivity contribution in [1.29, 1.82) is 0 Å². The SMILES string of the molecule is CCCN(Cc1nc(C)cs1)C1CCCNC1. The van der Waals surface area contributed by atoms with Crippen molar-refractivity contribution in [2.45, 2.75) is 45.7 Å². The van der Waals surface area contributed by atoms with E-state index in [2.05, 4.69) is 34.4 Å². The van der Waals surface area contributed by atoms with Crippen LogP contribution >= 0.6 is 11.3 Å². The molecule has 1 saturated heterocycles. The maximum atomic E-state index is 4.58. The van der Waals surface area contributed by atoms with Gasteiger partial charge in [0.2, 0.25) is 0 Å². The molecule has 0 aromatic carbocycles. The van der Waals surface area contributed by atoms with Gasteiger partial charge in [-0.05, 0) is 39.3 Å². The van der Waals surface area contributed by atoms with Gasteiger partial charge >= 0.3 is 0 Å². The average molecular weight is 253 g/mol.